The van der Waals surface area contributed by atoms with Crippen molar-refractivity contribution in [3.8, 4) is 0 Å². The fourth-order valence-corrected chi connectivity index (χ4v) is 7.36. The van der Waals surface area contributed by atoms with E-state index in [1.54, 1.807) is 0 Å². The number of hydrogen-bond acceptors (Lipinski definition) is 13. The second-order valence-electron chi connectivity index (χ2n) is 15.6. The molecule has 0 bridgehead atoms. The Hall–Kier alpha value is -3.01. The normalized spacial score (nSPS) is 25.9. The molecule has 352 valence electrons. The highest BCUT2D eigenvalue weighted by molar-refractivity contribution is 7.47. The van der Waals surface area contributed by atoms with Crippen LogP contribution in [0.1, 0.15) is 129 Å². The molecule has 14 nitrogen and oxygen atoms in total. The van der Waals surface area contributed by atoms with Gasteiger partial charge in [-0.25, -0.2) is 4.57 Å². The van der Waals surface area contributed by atoms with Gasteiger partial charge in [0.1, 0.15) is 43.2 Å². The molecule has 2 fully saturated rings. The summed E-state index contributed by atoms with van der Waals surface area (Å²) in [7, 11) is -5.14. The van der Waals surface area contributed by atoms with Gasteiger partial charge in [-0.15, -0.1) is 0 Å². The van der Waals surface area contributed by atoms with E-state index in [1.807, 2.05) is 18.2 Å². The molecule has 0 amide bonds. The maximum absolute atomic E-state index is 12.8. The summed E-state index contributed by atoms with van der Waals surface area (Å²) < 4.78 is 39.1. The molecule has 0 aromatic carbocycles. The SMILES string of the molecule is CC/C=C\CC1OC1C/C=C\C/C=C\C/C=C\C/C=C\CCC(=O)OC[C@H](COP(=O)(O)OC1[C@H](O)[C@H](O)C(O)[C@H](O)[C@H]1O)OC(=O)CCCCCCC/C=C\C/C=C\CCC. The minimum atomic E-state index is -5.14. The van der Waals surface area contributed by atoms with Gasteiger partial charge in [-0.2, -0.15) is 0 Å². The summed E-state index contributed by atoms with van der Waals surface area (Å²) in [5.41, 5.74) is 0. The van der Waals surface area contributed by atoms with Crippen LogP contribution in [-0.4, -0.2) is 111 Å². The van der Waals surface area contributed by atoms with Crippen molar-refractivity contribution in [1.82, 2.24) is 0 Å². The largest absolute Gasteiger partial charge is 0.472 e. The molecular weight excluding hydrogens is 819 g/mol. The van der Waals surface area contributed by atoms with Crippen molar-refractivity contribution >= 4 is 19.8 Å². The van der Waals surface area contributed by atoms with Gasteiger partial charge in [0.15, 0.2) is 6.10 Å². The summed E-state index contributed by atoms with van der Waals surface area (Å²) in [6.07, 6.45) is 31.2. The van der Waals surface area contributed by atoms with E-state index in [1.165, 1.54) is 0 Å². The monoisotopic (exact) mass is 894 g/mol. The van der Waals surface area contributed by atoms with Crippen LogP contribution in [0.25, 0.3) is 0 Å². The van der Waals surface area contributed by atoms with Crippen LogP contribution in [-0.2, 0) is 37.4 Å². The molecule has 1 saturated heterocycles. The molecular formula is C47H75O14P. The Bertz CT molecular complexity index is 1470. The van der Waals surface area contributed by atoms with E-state index in [-0.39, 0.29) is 12.8 Å². The molecule has 15 heteroatoms. The summed E-state index contributed by atoms with van der Waals surface area (Å²) in [6.45, 7) is 3.01. The molecule has 1 aliphatic carbocycles. The number of aliphatic hydroxyl groups is 5. The lowest BCUT2D eigenvalue weighted by Gasteiger charge is -2.41. The number of esters is 2. The number of carbonyl (C=O) groups excluding carboxylic acids is 2. The number of phosphoric acid groups is 1. The first kappa shape index (κ1) is 55.1. The van der Waals surface area contributed by atoms with Crippen LogP contribution in [0.2, 0.25) is 0 Å². The fraction of sp³-hybridized carbons (Fsp3) is 0.660. The second kappa shape index (κ2) is 33.5. The van der Waals surface area contributed by atoms with Crippen LogP contribution in [0, 0.1) is 0 Å². The van der Waals surface area contributed by atoms with Crippen LogP contribution in [0.15, 0.2) is 85.1 Å². The molecule has 10 atom stereocenters. The molecule has 0 spiro atoms. The predicted molar refractivity (Wildman–Crippen MR) is 239 cm³/mol. The van der Waals surface area contributed by atoms with Crippen molar-refractivity contribution in [3.63, 3.8) is 0 Å². The van der Waals surface area contributed by atoms with Gasteiger partial charge in [-0.05, 0) is 77.0 Å². The molecule has 6 N–H and O–H groups in total. The molecule has 2 rings (SSSR count). The first-order valence-corrected chi connectivity index (χ1v) is 24.0. The van der Waals surface area contributed by atoms with E-state index in [4.69, 9.17) is 23.3 Å². The average Bonchev–Trinajstić information content (AvgIpc) is 4.01. The Morgan fingerprint density at radius 3 is 1.68 bits per heavy atom. The van der Waals surface area contributed by atoms with Gasteiger partial charge in [0.2, 0.25) is 0 Å². The van der Waals surface area contributed by atoms with E-state index >= 15 is 0 Å². The van der Waals surface area contributed by atoms with Gasteiger partial charge in [0.05, 0.1) is 18.8 Å². The number of unbranched alkanes of at least 4 members (excludes halogenated alkanes) is 6. The summed E-state index contributed by atoms with van der Waals surface area (Å²) in [5.74, 6) is -1.23. The Morgan fingerprint density at radius 1 is 0.581 bits per heavy atom. The fourth-order valence-electron chi connectivity index (χ4n) is 6.39. The minimum Gasteiger partial charge on any atom is -0.462 e. The van der Waals surface area contributed by atoms with Crippen LogP contribution < -0.4 is 0 Å². The van der Waals surface area contributed by atoms with Gasteiger partial charge < -0.3 is 44.6 Å². The summed E-state index contributed by atoms with van der Waals surface area (Å²) in [6, 6.07) is 0. The standard InChI is InChI=1S/C47H75O14P/c1-3-5-7-8-9-10-11-12-17-20-23-26-30-34-41(49)59-37(36-58-62(55,56)61-47-45(53)43(51)42(50)44(52)46(47)54)35-57-40(48)33-29-25-22-19-16-14-13-15-18-21-24-28-32-39-38(60-39)31-27-6-4-2/h6-8,10-11,14-16,18,22,24-25,27-28,37-39,42-47,50-54H,3-5,9,12-13,17,19-21,23,26,29-36H2,1-2H3,(H,55,56)/b8-7-,11-10-,16-14-,18-15-,25-22-,27-6-,28-24-/t37-,38?,39?,42?,43-,44+,45-,46-,47?/m1/s1. The van der Waals surface area contributed by atoms with E-state index in [0.29, 0.717) is 31.5 Å². The summed E-state index contributed by atoms with van der Waals surface area (Å²) >= 11 is 0. The average molecular weight is 895 g/mol. The zero-order chi connectivity index (χ0) is 45.4. The van der Waals surface area contributed by atoms with Gasteiger partial charge >= 0.3 is 19.8 Å². The molecule has 2 aliphatic rings. The molecule has 0 aromatic heterocycles. The molecule has 0 aromatic rings. The van der Waals surface area contributed by atoms with E-state index in [0.717, 1.165) is 83.5 Å². The minimum absolute atomic E-state index is 0.0305. The van der Waals surface area contributed by atoms with Crippen LogP contribution in [0.5, 0.6) is 0 Å². The highest BCUT2D eigenvalue weighted by atomic mass is 31.2. The van der Waals surface area contributed by atoms with E-state index in [2.05, 4.69) is 80.7 Å². The van der Waals surface area contributed by atoms with Gasteiger partial charge in [-0.3, -0.25) is 18.6 Å². The Kier molecular flexibility index (Phi) is 29.8. The maximum Gasteiger partial charge on any atom is 0.472 e. The van der Waals surface area contributed by atoms with Crippen molar-refractivity contribution in [2.24, 2.45) is 0 Å². The number of phosphoric ester groups is 1. The molecule has 0 radical (unpaired) electrons. The number of ether oxygens (including phenoxy) is 3. The van der Waals surface area contributed by atoms with Gasteiger partial charge in [0.25, 0.3) is 0 Å². The topological polar surface area (TPSA) is 222 Å². The first-order chi connectivity index (χ1) is 29.9. The summed E-state index contributed by atoms with van der Waals surface area (Å²) in [5, 5.41) is 50.1. The zero-order valence-corrected chi connectivity index (χ0v) is 37.7. The van der Waals surface area contributed by atoms with Crippen molar-refractivity contribution in [1.29, 1.82) is 0 Å². The Labute approximate surface area is 369 Å². The van der Waals surface area contributed by atoms with Crippen LogP contribution in [0.4, 0.5) is 0 Å². The second-order valence-corrected chi connectivity index (χ2v) is 17.0. The third-order valence-corrected chi connectivity index (χ3v) is 11.1. The Balaban J connectivity index is 1.74. The smallest absolute Gasteiger partial charge is 0.462 e. The molecule has 1 saturated carbocycles. The number of aliphatic hydroxyl groups excluding tert-OH is 5. The highest BCUT2D eigenvalue weighted by Crippen LogP contribution is 2.47. The molecule has 1 aliphatic heterocycles. The highest BCUT2D eigenvalue weighted by Gasteiger charge is 2.51. The lowest BCUT2D eigenvalue weighted by molar-refractivity contribution is -0.220. The van der Waals surface area contributed by atoms with Gasteiger partial charge in [-0.1, -0.05) is 125 Å². The lowest BCUT2D eigenvalue weighted by atomic mass is 9.85. The predicted octanol–water partition coefficient (Wildman–Crippen LogP) is 7.48. The number of allylic oxidation sites excluding steroid dienone is 12. The molecule has 5 unspecified atom stereocenters. The van der Waals surface area contributed by atoms with Crippen molar-refractivity contribution in [2.45, 2.75) is 184 Å². The number of hydrogen-bond donors (Lipinski definition) is 6. The van der Waals surface area contributed by atoms with Gasteiger partial charge in [0, 0.05) is 12.8 Å². The van der Waals surface area contributed by atoms with Crippen molar-refractivity contribution in [2.75, 3.05) is 13.2 Å². The third kappa shape index (κ3) is 25.3. The number of rotatable bonds is 34. The van der Waals surface area contributed by atoms with Crippen molar-refractivity contribution < 1.29 is 67.8 Å². The van der Waals surface area contributed by atoms with Crippen LogP contribution >= 0.6 is 7.82 Å². The molecule has 62 heavy (non-hydrogen) atoms. The van der Waals surface area contributed by atoms with E-state index < -0.39 is 75.7 Å². The lowest BCUT2D eigenvalue weighted by Crippen LogP contribution is -2.64. The molecule has 1 heterocycles. The maximum atomic E-state index is 12.8. The van der Waals surface area contributed by atoms with Crippen molar-refractivity contribution in [3.05, 3.63) is 85.1 Å². The third-order valence-electron chi connectivity index (χ3n) is 10.1. The Morgan fingerprint density at radius 2 is 1.08 bits per heavy atom. The first-order valence-electron chi connectivity index (χ1n) is 22.5. The summed E-state index contributed by atoms with van der Waals surface area (Å²) in [4.78, 5) is 35.6. The van der Waals surface area contributed by atoms with Crippen LogP contribution in [0.3, 0.4) is 0 Å². The zero-order valence-electron chi connectivity index (χ0n) is 36.8. The number of carbonyl (C=O) groups is 2. The number of epoxide rings is 1. The van der Waals surface area contributed by atoms with E-state index in [9.17, 15) is 44.6 Å². The quantitative estimate of drug-likeness (QED) is 0.0121.